The first kappa shape index (κ1) is 13.5. The Bertz CT molecular complexity index is 336. The van der Waals surface area contributed by atoms with Crippen molar-refractivity contribution in [3.8, 4) is 0 Å². The number of carbonyl (C=O) groups excluding carboxylic acids is 1. The lowest BCUT2D eigenvalue weighted by molar-refractivity contribution is -0.120. The third kappa shape index (κ3) is 5.50. The zero-order chi connectivity index (χ0) is 12.0. The van der Waals surface area contributed by atoms with E-state index in [-0.39, 0.29) is 5.91 Å². The predicted octanol–water partition coefficient (Wildman–Crippen LogP) is 1.75. The summed E-state index contributed by atoms with van der Waals surface area (Å²) in [4.78, 5) is 11.3. The third-order valence-corrected chi connectivity index (χ3v) is 2.50. The largest absolute Gasteiger partial charge is 0.454 e. The molecule has 0 unspecified atom stereocenters. The van der Waals surface area contributed by atoms with E-state index in [1.807, 2.05) is 12.1 Å². The zero-order valence-corrected chi connectivity index (χ0v) is 11.7. The van der Waals surface area contributed by atoms with Crippen LogP contribution in [-0.4, -0.2) is 19.0 Å². The lowest BCUT2D eigenvalue weighted by atomic mass is 10.2. The molecule has 0 saturated carbocycles. The summed E-state index contributed by atoms with van der Waals surface area (Å²) < 4.78 is 6.22. The van der Waals surface area contributed by atoms with Gasteiger partial charge < -0.3 is 15.1 Å². The van der Waals surface area contributed by atoms with E-state index in [1.54, 1.807) is 0 Å². The molecule has 1 heterocycles. The average Bonchev–Trinajstić information content (AvgIpc) is 2.61. The monoisotopic (exact) mass is 336 g/mol. The quantitative estimate of drug-likeness (QED) is 0.779. The van der Waals surface area contributed by atoms with Crippen molar-refractivity contribution in [2.24, 2.45) is 5.92 Å². The van der Waals surface area contributed by atoms with Gasteiger partial charge in [0.05, 0.1) is 13.1 Å². The first-order valence-corrected chi connectivity index (χ1v) is 6.37. The molecule has 0 bridgehead atoms. The topological polar surface area (TPSA) is 54.3 Å². The van der Waals surface area contributed by atoms with Crippen LogP contribution in [0.4, 0.5) is 0 Å². The minimum Gasteiger partial charge on any atom is -0.454 e. The van der Waals surface area contributed by atoms with Gasteiger partial charge in [-0.1, -0.05) is 13.8 Å². The summed E-state index contributed by atoms with van der Waals surface area (Å²) in [6.45, 7) is 5.76. The van der Waals surface area contributed by atoms with Crippen molar-refractivity contribution in [3.05, 3.63) is 21.7 Å². The van der Waals surface area contributed by atoms with Gasteiger partial charge in [-0.25, -0.2) is 0 Å². The molecule has 0 saturated heterocycles. The van der Waals surface area contributed by atoms with Crippen LogP contribution >= 0.6 is 22.6 Å². The number of amides is 1. The molecule has 4 nitrogen and oxygen atoms in total. The molecule has 0 aliphatic rings. The standard InChI is InChI=1S/C11H17IN2O2/c1-8(2)5-14-11(15)7-13-6-9-3-4-10(12)16-9/h3-4,8,13H,5-7H2,1-2H3,(H,14,15). The third-order valence-electron chi connectivity index (χ3n) is 1.92. The van der Waals surface area contributed by atoms with E-state index in [4.69, 9.17) is 4.42 Å². The van der Waals surface area contributed by atoms with E-state index in [0.717, 1.165) is 16.1 Å². The summed E-state index contributed by atoms with van der Waals surface area (Å²) in [5.74, 6) is 1.35. The number of carbonyl (C=O) groups is 1. The van der Waals surface area contributed by atoms with Crippen molar-refractivity contribution >= 4 is 28.5 Å². The molecule has 16 heavy (non-hydrogen) atoms. The molecule has 5 heteroatoms. The Morgan fingerprint density at radius 3 is 2.81 bits per heavy atom. The Hall–Kier alpha value is -0.560. The molecule has 0 atom stereocenters. The lowest BCUT2D eigenvalue weighted by Crippen LogP contribution is -2.35. The molecule has 1 aromatic heterocycles. The highest BCUT2D eigenvalue weighted by Crippen LogP contribution is 2.09. The maximum Gasteiger partial charge on any atom is 0.233 e. The van der Waals surface area contributed by atoms with Gasteiger partial charge in [0.15, 0.2) is 3.77 Å². The number of furan rings is 1. The first-order valence-electron chi connectivity index (χ1n) is 5.29. The molecule has 2 N–H and O–H groups in total. The van der Waals surface area contributed by atoms with Crippen LogP contribution in [0.25, 0.3) is 0 Å². The normalized spacial score (nSPS) is 10.8. The second-order valence-corrected chi connectivity index (χ2v) is 5.07. The number of rotatable bonds is 6. The molecule has 0 spiro atoms. The highest BCUT2D eigenvalue weighted by molar-refractivity contribution is 14.1. The molecule has 1 amide bonds. The molecule has 0 radical (unpaired) electrons. The number of hydrogen-bond donors (Lipinski definition) is 2. The number of halogens is 1. The zero-order valence-electron chi connectivity index (χ0n) is 9.55. The smallest absolute Gasteiger partial charge is 0.233 e. The Morgan fingerprint density at radius 2 is 2.25 bits per heavy atom. The fourth-order valence-electron chi connectivity index (χ4n) is 1.13. The Morgan fingerprint density at radius 1 is 1.50 bits per heavy atom. The average molecular weight is 336 g/mol. The van der Waals surface area contributed by atoms with Crippen molar-refractivity contribution < 1.29 is 9.21 Å². The molecule has 90 valence electrons. The fraction of sp³-hybridized carbons (Fsp3) is 0.545. The van der Waals surface area contributed by atoms with Crippen LogP contribution in [0.15, 0.2) is 16.5 Å². The van der Waals surface area contributed by atoms with Crippen LogP contribution in [0, 0.1) is 9.68 Å². The summed E-state index contributed by atoms with van der Waals surface area (Å²) in [7, 11) is 0. The van der Waals surface area contributed by atoms with Crippen LogP contribution in [-0.2, 0) is 11.3 Å². The van der Waals surface area contributed by atoms with Gasteiger partial charge in [0, 0.05) is 6.54 Å². The molecule has 1 rings (SSSR count). The summed E-state index contributed by atoms with van der Waals surface area (Å²) in [6, 6.07) is 3.80. The van der Waals surface area contributed by atoms with Gasteiger partial charge in [-0.15, -0.1) is 0 Å². The molecule has 0 aliphatic carbocycles. The first-order chi connectivity index (χ1) is 7.58. The Balaban J connectivity index is 2.13. The highest BCUT2D eigenvalue weighted by Gasteiger charge is 2.03. The van der Waals surface area contributed by atoms with Gasteiger partial charge in [-0.2, -0.15) is 0 Å². The molecule has 1 aromatic rings. The molecular weight excluding hydrogens is 319 g/mol. The van der Waals surface area contributed by atoms with E-state index >= 15 is 0 Å². The summed E-state index contributed by atoms with van der Waals surface area (Å²) in [5, 5.41) is 5.87. The minimum absolute atomic E-state index is 0.0231. The van der Waals surface area contributed by atoms with Crippen LogP contribution in [0.1, 0.15) is 19.6 Å². The van der Waals surface area contributed by atoms with Gasteiger partial charge >= 0.3 is 0 Å². The van der Waals surface area contributed by atoms with Crippen LogP contribution in [0.2, 0.25) is 0 Å². The SMILES string of the molecule is CC(C)CNC(=O)CNCc1ccc(I)o1. The Labute approximate surface area is 109 Å². The van der Waals surface area contributed by atoms with E-state index in [9.17, 15) is 4.79 Å². The molecular formula is C11H17IN2O2. The Kier molecular flexibility index (Phi) is 5.83. The summed E-state index contributed by atoms with van der Waals surface area (Å²) in [6.07, 6.45) is 0. The predicted molar refractivity (Wildman–Crippen MR) is 71.0 cm³/mol. The van der Waals surface area contributed by atoms with Crippen molar-refractivity contribution in [2.75, 3.05) is 13.1 Å². The van der Waals surface area contributed by atoms with Crippen LogP contribution in [0.5, 0.6) is 0 Å². The van der Waals surface area contributed by atoms with Crippen molar-refractivity contribution in [1.29, 1.82) is 0 Å². The lowest BCUT2D eigenvalue weighted by Gasteiger charge is -2.07. The highest BCUT2D eigenvalue weighted by atomic mass is 127. The van der Waals surface area contributed by atoms with Crippen molar-refractivity contribution in [2.45, 2.75) is 20.4 Å². The summed E-state index contributed by atoms with van der Waals surface area (Å²) in [5.41, 5.74) is 0. The molecule has 0 aliphatic heterocycles. The van der Waals surface area contributed by atoms with Crippen molar-refractivity contribution in [1.82, 2.24) is 10.6 Å². The van der Waals surface area contributed by atoms with Gasteiger partial charge in [0.1, 0.15) is 5.76 Å². The van der Waals surface area contributed by atoms with Gasteiger partial charge in [-0.05, 0) is 40.6 Å². The van der Waals surface area contributed by atoms with E-state index in [1.165, 1.54) is 0 Å². The van der Waals surface area contributed by atoms with Crippen LogP contribution in [0.3, 0.4) is 0 Å². The van der Waals surface area contributed by atoms with Gasteiger partial charge in [-0.3, -0.25) is 4.79 Å². The maximum absolute atomic E-state index is 11.3. The van der Waals surface area contributed by atoms with E-state index < -0.39 is 0 Å². The van der Waals surface area contributed by atoms with E-state index in [0.29, 0.717) is 19.0 Å². The maximum atomic E-state index is 11.3. The van der Waals surface area contributed by atoms with Gasteiger partial charge in [0.2, 0.25) is 5.91 Å². The summed E-state index contributed by atoms with van der Waals surface area (Å²) >= 11 is 2.11. The van der Waals surface area contributed by atoms with Crippen molar-refractivity contribution in [3.63, 3.8) is 0 Å². The number of nitrogens with one attached hydrogen (secondary N) is 2. The second kappa shape index (κ2) is 6.90. The van der Waals surface area contributed by atoms with Gasteiger partial charge in [0.25, 0.3) is 0 Å². The number of hydrogen-bond acceptors (Lipinski definition) is 3. The molecule has 0 fully saturated rings. The molecule has 0 aromatic carbocycles. The van der Waals surface area contributed by atoms with E-state index in [2.05, 4.69) is 47.1 Å². The fourth-order valence-corrected chi connectivity index (χ4v) is 1.59. The second-order valence-electron chi connectivity index (χ2n) is 4.01. The van der Waals surface area contributed by atoms with Crippen LogP contribution < -0.4 is 10.6 Å². The minimum atomic E-state index is 0.0231.